The smallest absolute Gasteiger partial charge is 0.322 e. The van der Waals surface area contributed by atoms with E-state index in [9.17, 15) is 13.2 Å². The summed E-state index contributed by atoms with van der Waals surface area (Å²) in [7, 11) is -3.23. The highest BCUT2D eigenvalue weighted by atomic mass is 32.2. The SMILES string of the molecule is CC(C)CS(=O)(=O)N1CCN([C@@H](CN)C(=O)O)CC1. The summed E-state index contributed by atoms with van der Waals surface area (Å²) in [6.07, 6.45) is 0. The van der Waals surface area contributed by atoms with Gasteiger partial charge < -0.3 is 10.8 Å². The van der Waals surface area contributed by atoms with E-state index in [4.69, 9.17) is 10.8 Å². The Morgan fingerprint density at radius 3 is 2.16 bits per heavy atom. The first kappa shape index (κ1) is 16.4. The summed E-state index contributed by atoms with van der Waals surface area (Å²) in [5, 5.41) is 9.02. The molecule has 0 aromatic rings. The zero-order valence-corrected chi connectivity index (χ0v) is 12.3. The van der Waals surface area contributed by atoms with Crippen LogP contribution < -0.4 is 5.73 Å². The lowest BCUT2D eigenvalue weighted by Gasteiger charge is -2.36. The Hall–Kier alpha value is -0.700. The van der Waals surface area contributed by atoms with E-state index in [-0.39, 0.29) is 18.2 Å². The highest BCUT2D eigenvalue weighted by Crippen LogP contribution is 2.13. The van der Waals surface area contributed by atoms with Crippen LogP contribution in [0.5, 0.6) is 0 Å². The molecule has 0 saturated carbocycles. The van der Waals surface area contributed by atoms with Crippen molar-refractivity contribution < 1.29 is 18.3 Å². The lowest BCUT2D eigenvalue weighted by atomic mass is 10.2. The first-order chi connectivity index (χ1) is 8.77. The minimum Gasteiger partial charge on any atom is -0.480 e. The zero-order valence-electron chi connectivity index (χ0n) is 11.4. The number of nitrogens with two attached hydrogens (primary N) is 1. The molecule has 1 rings (SSSR count). The second-order valence-electron chi connectivity index (χ2n) is 5.20. The molecule has 0 aromatic heterocycles. The maximum Gasteiger partial charge on any atom is 0.322 e. The molecule has 1 heterocycles. The van der Waals surface area contributed by atoms with Gasteiger partial charge in [0, 0.05) is 32.7 Å². The molecule has 0 bridgehead atoms. The lowest BCUT2D eigenvalue weighted by molar-refractivity contribution is -0.143. The molecule has 1 saturated heterocycles. The standard InChI is InChI=1S/C11H23N3O4S/c1-9(2)8-19(17,18)14-5-3-13(4-6-14)10(7-12)11(15)16/h9-10H,3-8,12H2,1-2H3,(H,15,16)/t10-/m0/s1. The number of hydrogen-bond acceptors (Lipinski definition) is 5. The Morgan fingerprint density at radius 2 is 1.79 bits per heavy atom. The highest BCUT2D eigenvalue weighted by molar-refractivity contribution is 7.89. The van der Waals surface area contributed by atoms with Gasteiger partial charge in [-0.1, -0.05) is 13.8 Å². The zero-order chi connectivity index (χ0) is 14.6. The van der Waals surface area contributed by atoms with E-state index in [0.29, 0.717) is 26.2 Å². The quantitative estimate of drug-likeness (QED) is 0.651. The highest BCUT2D eigenvalue weighted by Gasteiger charge is 2.32. The Kier molecular flexibility index (Phi) is 5.72. The van der Waals surface area contributed by atoms with Crippen LogP contribution in [0.4, 0.5) is 0 Å². The van der Waals surface area contributed by atoms with Gasteiger partial charge in [-0.2, -0.15) is 4.31 Å². The molecular formula is C11H23N3O4S. The lowest BCUT2D eigenvalue weighted by Crippen LogP contribution is -2.56. The van der Waals surface area contributed by atoms with Gasteiger partial charge >= 0.3 is 5.97 Å². The number of hydrogen-bond donors (Lipinski definition) is 2. The first-order valence-electron chi connectivity index (χ1n) is 6.42. The second kappa shape index (κ2) is 6.65. The van der Waals surface area contributed by atoms with Crippen molar-refractivity contribution in [1.29, 1.82) is 0 Å². The number of carboxylic acids is 1. The van der Waals surface area contributed by atoms with Crippen LogP contribution in [-0.4, -0.2) is 73.2 Å². The largest absolute Gasteiger partial charge is 0.480 e. The summed E-state index contributed by atoms with van der Waals surface area (Å²) in [6, 6.07) is -0.727. The third-order valence-electron chi connectivity index (χ3n) is 3.16. The van der Waals surface area contributed by atoms with E-state index in [0.717, 1.165) is 0 Å². The number of piperazine rings is 1. The number of sulfonamides is 1. The Labute approximate surface area is 114 Å². The van der Waals surface area contributed by atoms with Crippen molar-refractivity contribution in [2.45, 2.75) is 19.9 Å². The Morgan fingerprint density at radius 1 is 1.26 bits per heavy atom. The molecule has 8 heteroatoms. The average Bonchev–Trinajstić information content (AvgIpc) is 2.28. The van der Waals surface area contributed by atoms with E-state index in [1.165, 1.54) is 4.31 Å². The normalized spacial score (nSPS) is 20.6. The van der Waals surface area contributed by atoms with Crippen molar-refractivity contribution in [3.8, 4) is 0 Å². The molecule has 0 amide bonds. The van der Waals surface area contributed by atoms with Gasteiger partial charge in [-0.05, 0) is 5.92 Å². The third kappa shape index (κ3) is 4.41. The molecule has 0 aromatic carbocycles. The van der Waals surface area contributed by atoms with Gasteiger partial charge in [0.15, 0.2) is 0 Å². The maximum atomic E-state index is 12.0. The number of rotatable bonds is 6. The van der Waals surface area contributed by atoms with Crippen LogP contribution in [0.25, 0.3) is 0 Å². The fourth-order valence-electron chi connectivity index (χ4n) is 2.23. The molecule has 1 aliphatic heterocycles. The van der Waals surface area contributed by atoms with Gasteiger partial charge in [0.25, 0.3) is 0 Å². The molecule has 7 nitrogen and oxygen atoms in total. The molecular weight excluding hydrogens is 270 g/mol. The first-order valence-corrected chi connectivity index (χ1v) is 8.03. The summed E-state index contributed by atoms with van der Waals surface area (Å²) >= 11 is 0. The molecule has 1 aliphatic rings. The van der Waals surface area contributed by atoms with E-state index in [2.05, 4.69) is 0 Å². The molecule has 3 N–H and O–H groups in total. The number of carboxylic acid groups (broad SMARTS) is 1. The minimum atomic E-state index is -3.23. The fraction of sp³-hybridized carbons (Fsp3) is 0.909. The van der Waals surface area contributed by atoms with Crippen LogP contribution in [0.15, 0.2) is 0 Å². The number of nitrogens with zero attached hydrogens (tertiary/aromatic N) is 2. The summed E-state index contributed by atoms with van der Waals surface area (Å²) in [5.74, 6) is -0.744. The average molecular weight is 293 g/mol. The van der Waals surface area contributed by atoms with Crippen LogP contribution in [0, 0.1) is 5.92 Å². The van der Waals surface area contributed by atoms with Crippen molar-refractivity contribution in [2.75, 3.05) is 38.5 Å². The van der Waals surface area contributed by atoms with E-state index in [1.54, 1.807) is 4.90 Å². The van der Waals surface area contributed by atoms with Gasteiger partial charge in [-0.15, -0.1) is 0 Å². The summed E-state index contributed by atoms with van der Waals surface area (Å²) in [5.41, 5.74) is 5.44. The summed E-state index contributed by atoms with van der Waals surface area (Å²) in [4.78, 5) is 12.7. The van der Waals surface area contributed by atoms with Crippen molar-refractivity contribution in [3.63, 3.8) is 0 Å². The van der Waals surface area contributed by atoms with Crippen molar-refractivity contribution in [1.82, 2.24) is 9.21 Å². The molecule has 0 spiro atoms. The predicted octanol–water partition coefficient (Wildman–Crippen LogP) is -0.998. The van der Waals surface area contributed by atoms with Crippen LogP contribution in [0.2, 0.25) is 0 Å². The van der Waals surface area contributed by atoms with Gasteiger partial charge in [0.2, 0.25) is 10.0 Å². The predicted molar refractivity (Wildman–Crippen MR) is 72.2 cm³/mol. The number of carbonyl (C=O) groups is 1. The maximum absolute atomic E-state index is 12.0. The van der Waals surface area contributed by atoms with Crippen LogP contribution in [0.3, 0.4) is 0 Å². The molecule has 1 fully saturated rings. The van der Waals surface area contributed by atoms with Crippen LogP contribution >= 0.6 is 0 Å². The number of aliphatic carboxylic acids is 1. The van der Waals surface area contributed by atoms with Crippen LogP contribution in [-0.2, 0) is 14.8 Å². The van der Waals surface area contributed by atoms with Gasteiger partial charge in [-0.3, -0.25) is 9.69 Å². The fourth-order valence-corrected chi connectivity index (χ4v) is 4.00. The topological polar surface area (TPSA) is 104 Å². The van der Waals surface area contributed by atoms with Gasteiger partial charge in [0.05, 0.1) is 5.75 Å². The van der Waals surface area contributed by atoms with Gasteiger partial charge in [0.1, 0.15) is 6.04 Å². The Balaban J connectivity index is 2.60. The molecule has 0 radical (unpaired) electrons. The van der Waals surface area contributed by atoms with Crippen molar-refractivity contribution in [2.24, 2.45) is 11.7 Å². The van der Waals surface area contributed by atoms with E-state index < -0.39 is 22.0 Å². The summed E-state index contributed by atoms with van der Waals surface area (Å²) in [6.45, 7) is 5.24. The van der Waals surface area contributed by atoms with E-state index >= 15 is 0 Å². The summed E-state index contributed by atoms with van der Waals surface area (Å²) < 4.78 is 25.5. The van der Waals surface area contributed by atoms with Crippen molar-refractivity contribution >= 4 is 16.0 Å². The third-order valence-corrected chi connectivity index (χ3v) is 5.40. The molecule has 19 heavy (non-hydrogen) atoms. The van der Waals surface area contributed by atoms with Crippen LogP contribution in [0.1, 0.15) is 13.8 Å². The van der Waals surface area contributed by atoms with E-state index in [1.807, 2.05) is 13.8 Å². The Bertz CT molecular complexity index is 402. The van der Waals surface area contributed by atoms with Gasteiger partial charge in [-0.25, -0.2) is 8.42 Å². The minimum absolute atomic E-state index is 0.0358. The molecule has 0 unspecified atom stereocenters. The molecule has 112 valence electrons. The molecule has 0 aliphatic carbocycles. The molecule has 1 atom stereocenters. The second-order valence-corrected chi connectivity index (χ2v) is 7.21. The monoisotopic (exact) mass is 293 g/mol. The van der Waals surface area contributed by atoms with Crippen molar-refractivity contribution in [3.05, 3.63) is 0 Å².